The Bertz CT molecular complexity index is 448. The van der Waals surface area contributed by atoms with Gasteiger partial charge in [-0.1, -0.05) is 12.1 Å². The predicted molar refractivity (Wildman–Crippen MR) is 82.2 cm³/mol. The second kappa shape index (κ2) is 6.15. The van der Waals surface area contributed by atoms with Gasteiger partial charge < -0.3 is 15.0 Å². The van der Waals surface area contributed by atoms with E-state index in [1.165, 1.54) is 49.9 Å². The third-order valence-electron chi connectivity index (χ3n) is 4.65. The summed E-state index contributed by atoms with van der Waals surface area (Å²) in [6.07, 6.45) is 5.46. The van der Waals surface area contributed by atoms with E-state index in [1.54, 1.807) is 7.11 Å². The van der Waals surface area contributed by atoms with Gasteiger partial charge >= 0.3 is 0 Å². The van der Waals surface area contributed by atoms with Crippen molar-refractivity contribution in [3.05, 3.63) is 29.3 Å². The van der Waals surface area contributed by atoms with Crippen LogP contribution in [0.3, 0.4) is 0 Å². The van der Waals surface area contributed by atoms with Crippen LogP contribution in [0.4, 0.5) is 0 Å². The predicted octanol–water partition coefficient (Wildman–Crippen LogP) is 2.72. The summed E-state index contributed by atoms with van der Waals surface area (Å²) < 4.78 is 5.31. The number of hydrogen-bond donors (Lipinski definition) is 1. The van der Waals surface area contributed by atoms with Crippen molar-refractivity contribution in [2.75, 3.05) is 20.2 Å². The molecule has 0 amide bonds. The lowest BCUT2D eigenvalue weighted by Gasteiger charge is -2.32. The fourth-order valence-electron chi connectivity index (χ4n) is 3.22. The molecule has 1 heterocycles. The Morgan fingerprint density at radius 3 is 2.55 bits per heavy atom. The summed E-state index contributed by atoms with van der Waals surface area (Å²) in [5.41, 5.74) is 2.57. The van der Waals surface area contributed by atoms with Gasteiger partial charge in [0.05, 0.1) is 7.11 Å². The highest BCUT2D eigenvalue weighted by molar-refractivity contribution is 5.36. The van der Waals surface area contributed by atoms with E-state index in [0.717, 1.165) is 18.3 Å². The van der Waals surface area contributed by atoms with Gasteiger partial charge in [0.2, 0.25) is 0 Å². The number of methoxy groups -OCH3 is 1. The Morgan fingerprint density at radius 1 is 1.20 bits per heavy atom. The number of nitrogens with zero attached hydrogens (tertiary/aromatic N) is 1. The van der Waals surface area contributed by atoms with Crippen molar-refractivity contribution in [1.29, 1.82) is 0 Å². The maximum absolute atomic E-state index is 5.31. The first-order valence-electron chi connectivity index (χ1n) is 7.87. The van der Waals surface area contributed by atoms with Crippen molar-refractivity contribution >= 4 is 0 Å². The summed E-state index contributed by atoms with van der Waals surface area (Å²) in [5.74, 6) is 0.978. The first-order chi connectivity index (χ1) is 9.76. The van der Waals surface area contributed by atoms with Gasteiger partial charge in [-0.2, -0.15) is 0 Å². The van der Waals surface area contributed by atoms with E-state index in [0.29, 0.717) is 6.04 Å². The number of benzene rings is 1. The molecule has 0 atom stereocenters. The molecule has 110 valence electrons. The Morgan fingerprint density at radius 2 is 1.95 bits per heavy atom. The fraction of sp³-hybridized carbons (Fsp3) is 0.647. The van der Waals surface area contributed by atoms with Crippen LogP contribution in [0.15, 0.2) is 18.2 Å². The summed E-state index contributed by atoms with van der Waals surface area (Å²) in [6, 6.07) is 8.08. The van der Waals surface area contributed by atoms with Crippen LogP contribution in [0.1, 0.15) is 36.8 Å². The number of hydrogen-bond acceptors (Lipinski definition) is 3. The van der Waals surface area contributed by atoms with E-state index in [2.05, 4.69) is 35.3 Å². The van der Waals surface area contributed by atoms with Gasteiger partial charge in [0.15, 0.2) is 0 Å². The zero-order valence-corrected chi connectivity index (χ0v) is 12.7. The highest BCUT2D eigenvalue weighted by Crippen LogP contribution is 2.29. The lowest BCUT2D eigenvalue weighted by atomic mass is 10.0. The van der Waals surface area contributed by atoms with Crippen molar-refractivity contribution < 1.29 is 4.74 Å². The normalized spacial score (nSPS) is 21.1. The maximum Gasteiger partial charge on any atom is 0.121 e. The van der Waals surface area contributed by atoms with Crippen LogP contribution in [0.5, 0.6) is 5.75 Å². The summed E-state index contributed by atoms with van der Waals surface area (Å²) in [4.78, 5) is 2.68. The summed E-state index contributed by atoms with van der Waals surface area (Å²) >= 11 is 0. The Kier molecular flexibility index (Phi) is 4.27. The van der Waals surface area contributed by atoms with Crippen LogP contribution in [-0.2, 0) is 6.54 Å². The first-order valence-corrected chi connectivity index (χ1v) is 7.87. The standard InChI is InChI=1S/C17H26N2O/c1-13-11-14(3-6-17(13)20-2)12-18-15-7-9-19(10-8-15)16-4-5-16/h3,6,11,15-16,18H,4-5,7-10,12H2,1-2H3. The number of piperidine rings is 1. The third-order valence-corrected chi connectivity index (χ3v) is 4.65. The van der Waals surface area contributed by atoms with Crippen LogP contribution in [0.25, 0.3) is 0 Å². The van der Waals surface area contributed by atoms with Crippen LogP contribution in [-0.4, -0.2) is 37.2 Å². The van der Waals surface area contributed by atoms with Crippen molar-refractivity contribution in [3.63, 3.8) is 0 Å². The van der Waals surface area contributed by atoms with Crippen LogP contribution < -0.4 is 10.1 Å². The molecule has 0 radical (unpaired) electrons. The Labute approximate surface area is 122 Å². The molecular formula is C17H26N2O. The van der Waals surface area contributed by atoms with Crippen LogP contribution in [0.2, 0.25) is 0 Å². The zero-order chi connectivity index (χ0) is 13.9. The summed E-state index contributed by atoms with van der Waals surface area (Å²) in [7, 11) is 1.73. The van der Waals surface area contributed by atoms with Crippen LogP contribution >= 0.6 is 0 Å². The van der Waals surface area contributed by atoms with E-state index in [-0.39, 0.29) is 0 Å². The summed E-state index contributed by atoms with van der Waals surface area (Å²) in [5, 5.41) is 3.71. The van der Waals surface area contributed by atoms with Gasteiger partial charge in [0, 0.05) is 18.6 Å². The Balaban J connectivity index is 1.46. The number of ether oxygens (including phenoxy) is 1. The first kappa shape index (κ1) is 13.9. The lowest BCUT2D eigenvalue weighted by molar-refractivity contribution is 0.189. The number of nitrogens with one attached hydrogen (secondary N) is 1. The van der Waals surface area contributed by atoms with E-state index < -0.39 is 0 Å². The second-order valence-corrected chi connectivity index (χ2v) is 6.23. The van der Waals surface area contributed by atoms with Gasteiger partial charge in [-0.05, 0) is 62.9 Å². The molecule has 3 heteroatoms. The number of rotatable bonds is 5. The minimum absolute atomic E-state index is 0.687. The zero-order valence-electron chi connectivity index (χ0n) is 12.7. The van der Waals surface area contributed by atoms with Crippen molar-refractivity contribution in [2.24, 2.45) is 0 Å². The molecule has 0 spiro atoms. The molecule has 1 saturated carbocycles. The monoisotopic (exact) mass is 274 g/mol. The highest BCUT2D eigenvalue weighted by atomic mass is 16.5. The smallest absolute Gasteiger partial charge is 0.121 e. The third kappa shape index (κ3) is 3.33. The van der Waals surface area contributed by atoms with Crippen molar-refractivity contribution in [3.8, 4) is 5.75 Å². The molecule has 0 bridgehead atoms. The quantitative estimate of drug-likeness (QED) is 0.893. The number of likely N-dealkylation sites (tertiary alicyclic amines) is 1. The van der Waals surface area contributed by atoms with E-state index in [4.69, 9.17) is 4.74 Å². The van der Waals surface area contributed by atoms with Gasteiger partial charge in [-0.15, -0.1) is 0 Å². The number of aryl methyl sites for hydroxylation is 1. The highest BCUT2D eigenvalue weighted by Gasteiger charge is 2.31. The molecule has 0 aromatic heterocycles. The molecule has 1 aliphatic carbocycles. The van der Waals surface area contributed by atoms with Crippen molar-refractivity contribution in [2.45, 2.75) is 51.2 Å². The maximum atomic E-state index is 5.31. The van der Waals surface area contributed by atoms with Gasteiger partial charge in [-0.25, -0.2) is 0 Å². The molecule has 2 fully saturated rings. The van der Waals surface area contributed by atoms with Crippen LogP contribution in [0, 0.1) is 6.92 Å². The molecule has 20 heavy (non-hydrogen) atoms. The largest absolute Gasteiger partial charge is 0.496 e. The van der Waals surface area contributed by atoms with E-state index in [9.17, 15) is 0 Å². The molecule has 1 saturated heterocycles. The van der Waals surface area contributed by atoms with Gasteiger partial charge in [0.1, 0.15) is 5.75 Å². The second-order valence-electron chi connectivity index (χ2n) is 6.23. The van der Waals surface area contributed by atoms with Gasteiger partial charge in [-0.3, -0.25) is 0 Å². The topological polar surface area (TPSA) is 24.5 Å². The molecule has 3 nitrogen and oxygen atoms in total. The molecular weight excluding hydrogens is 248 g/mol. The minimum atomic E-state index is 0.687. The lowest BCUT2D eigenvalue weighted by Crippen LogP contribution is -2.43. The SMILES string of the molecule is COc1ccc(CNC2CCN(C3CC3)CC2)cc1C. The minimum Gasteiger partial charge on any atom is -0.496 e. The average Bonchev–Trinajstić information content (AvgIpc) is 3.30. The molecule has 1 aromatic rings. The summed E-state index contributed by atoms with van der Waals surface area (Å²) in [6.45, 7) is 5.64. The molecule has 0 unspecified atom stereocenters. The average molecular weight is 274 g/mol. The fourth-order valence-corrected chi connectivity index (χ4v) is 3.22. The molecule has 1 aliphatic heterocycles. The molecule has 1 N–H and O–H groups in total. The van der Waals surface area contributed by atoms with Crippen molar-refractivity contribution in [1.82, 2.24) is 10.2 Å². The molecule has 1 aromatic carbocycles. The van der Waals surface area contributed by atoms with E-state index in [1.807, 2.05) is 0 Å². The van der Waals surface area contributed by atoms with Gasteiger partial charge in [0.25, 0.3) is 0 Å². The molecule has 2 aliphatic rings. The Hall–Kier alpha value is -1.06. The van der Waals surface area contributed by atoms with E-state index >= 15 is 0 Å². The molecule has 3 rings (SSSR count).